The molecule has 8 heteroatoms. The van der Waals surface area contributed by atoms with Gasteiger partial charge in [-0.15, -0.1) is 0 Å². The molecule has 0 heterocycles. The molecular weight excluding hydrogens is 455 g/mol. The molecule has 0 saturated carbocycles. The van der Waals surface area contributed by atoms with Gasteiger partial charge in [0.05, 0.1) is 25.6 Å². The lowest BCUT2D eigenvalue weighted by molar-refractivity contribution is 0.102. The number of aryl methyl sites for hydroxylation is 2. The first-order chi connectivity index (χ1) is 16.2. The predicted molar refractivity (Wildman–Crippen MR) is 134 cm³/mol. The van der Waals surface area contributed by atoms with E-state index < -0.39 is 15.8 Å². The first-order valence-electron chi connectivity index (χ1n) is 11.0. The number of halogens is 1. The Balaban J connectivity index is 1.97. The van der Waals surface area contributed by atoms with E-state index in [9.17, 15) is 17.6 Å². The summed E-state index contributed by atoms with van der Waals surface area (Å²) >= 11 is 0. The molecule has 0 bridgehead atoms. The van der Waals surface area contributed by atoms with Gasteiger partial charge in [0, 0.05) is 16.8 Å². The summed E-state index contributed by atoms with van der Waals surface area (Å²) in [5, 5.41) is 3.03. The number of carbonyl (C=O) groups is 1. The first kappa shape index (κ1) is 25.2. The van der Waals surface area contributed by atoms with Gasteiger partial charge in [-0.1, -0.05) is 32.0 Å². The van der Waals surface area contributed by atoms with Crippen molar-refractivity contribution in [3.63, 3.8) is 0 Å². The molecule has 3 rings (SSSR count). The van der Waals surface area contributed by atoms with Gasteiger partial charge in [0.25, 0.3) is 5.91 Å². The monoisotopic (exact) mass is 484 g/mol. The van der Waals surface area contributed by atoms with Gasteiger partial charge in [0.15, 0.2) is 0 Å². The molecule has 0 atom stereocenters. The van der Waals surface area contributed by atoms with Crippen LogP contribution in [0.2, 0.25) is 0 Å². The number of anilines is 2. The molecule has 0 spiro atoms. The molecule has 0 radical (unpaired) electrons. The van der Waals surface area contributed by atoms with Crippen molar-refractivity contribution in [3.8, 4) is 5.75 Å². The number of benzene rings is 3. The van der Waals surface area contributed by atoms with E-state index >= 15 is 0 Å². The lowest BCUT2D eigenvalue weighted by atomic mass is 10.0. The highest BCUT2D eigenvalue weighted by molar-refractivity contribution is 7.92. The van der Waals surface area contributed by atoms with Crippen molar-refractivity contribution in [2.24, 2.45) is 0 Å². The zero-order chi connectivity index (χ0) is 24.9. The Morgan fingerprint density at radius 3 is 2.12 bits per heavy atom. The van der Waals surface area contributed by atoms with Crippen molar-refractivity contribution in [2.75, 3.05) is 23.0 Å². The number of para-hydroxylation sites is 1. The summed E-state index contributed by atoms with van der Waals surface area (Å²) in [6, 6.07) is 16.0. The van der Waals surface area contributed by atoms with E-state index in [0.29, 0.717) is 22.6 Å². The van der Waals surface area contributed by atoms with Crippen molar-refractivity contribution in [1.82, 2.24) is 0 Å². The van der Waals surface area contributed by atoms with Gasteiger partial charge in [-0.25, -0.2) is 12.8 Å². The summed E-state index contributed by atoms with van der Waals surface area (Å²) in [6.07, 6.45) is 2.63. The van der Waals surface area contributed by atoms with Crippen LogP contribution in [-0.4, -0.2) is 27.7 Å². The minimum Gasteiger partial charge on any atom is -0.496 e. The number of hydrogen-bond donors (Lipinski definition) is 1. The Labute approximate surface area is 200 Å². The zero-order valence-corrected chi connectivity index (χ0v) is 20.6. The Hall–Kier alpha value is -3.39. The highest BCUT2D eigenvalue weighted by Crippen LogP contribution is 2.28. The number of carbonyl (C=O) groups excluding carboxylic acids is 1. The molecule has 180 valence electrons. The van der Waals surface area contributed by atoms with Crippen LogP contribution in [0.1, 0.15) is 40.9 Å². The Kier molecular flexibility index (Phi) is 7.94. The van der Waals surface area contributed by atoms with Gasteiger partial charge < -0.3 is 10.1 Å². The van der Waals surface area contributed by atoms with Crippen LogP contribution in [0.5, 0.6) is 5.75 Å². The van der Waals surface area contributed by atoms with Crippen LogP contribution in [0.15, 0.2) is 60.7 Å². The van der Waals surface area contributed by atoms with E-state index in [0.717, 1.165) is 40.2 Å². The molecule has 0 aliphatic rings. The molecular formula is C26H29FN2O4S. The fraction of sp³-hybridized carbons (Fsp3) is 0.269. The topological polar surface area (TPSA) is 75.7 Å². The molecule has 0 aromatic heterocycles. The van der Waals surface area contributed by atoms with Crippen LogP contribution in [0.3, 0.4) is 0 Å². The maximum atomic E-state index is 13.4. The highest BCUT2D eigenvalue weighted by atomic mass is 32.2. The van der Waals surface area contributed by atoms with E-state index in [1.54, 1.807) is 18.2 Å². The third kappa shape index (κ3) is 5.75. The number of nitrogens with one attached hydrogen (secondary N) is 1. The molecule has 1 N–H and O–H groups in total. The van der Waals surface area contributed by atoms with Gasteiger partial charge in [0.1, 0.15) is 11.6 Å². The van der Waals surface area contributed by atoms with Gasteiger partial charge in [-0.05, 0) is 66.4 Å². The standard InChI is InChI=1S/C26H29FN2O4S/c1-5-18-8-7-9-19(6-2)25(18)28-26(30)20-10-15-24(33-3)21(16-20)17-29(34(4,31)32)23-13-11-22(27)12-14-23/h7-16H,5-6,17H2,1-4H3,(H,28,30). The Morgan fingerprint density at radius 1 is 0.971 bits per heavy atom. The van der Waals surface area contributed by atoms with Crippen molar-refractivity contribution in [3.05, 3.63) is 88.7 Å². The second-order valence-electron chi connectivity index (χ2n) is 7.89. The molecule has 0 aliphatic carbocycles. The average molecular weight is 485 g/mol. The number of amides is 1. The molecule has 0 aliphatic heterocycles. The van der Waals surface area contributed by atoms with E-state index in [4.69, 9.17) is 4.74 Å². The third-order valence-electron chi connectivity index (χ3n) is 5.61. The molecule has 34 heavy (non-hydrogen) atoms. The van der Waals surface area contributed by atoms with Crippen molar-refractivity contribution < 1.29 is 22.3 Å². The second-order valence-corrected chi connectivity index (χ2v) is 9.79. The highest BCUT2D eigenvalue weighted by Gasteiger charge is 2.21. The SMILES string of the molecule is CCc1cccc(CC)c1NC(=O)c1ccc(OC)c(CN(c2ccc(F)cc2)S(C)(=O)=O)c1. The van der Waals surface area contributed by atoms with Crippen LogP contribution < -0.4 is 14.4 Å². The van der Waals surface area contributed by atoms with E-state index in [-0.39, 0.29) is 12.5 Å². The minimum atomic E-state index is -3.70. The average Bonchev–Trinajstić information content (AvgIpc) is 2.82. The van der Waals surface area contributed by atoms with E-state index in [1.807, 2.05) is 32.0 Å². The Morgan fingerprint density at radius 2 is 1.59 bits per heavy atom. The van der Waals surface area contributed by atoms with E-state index in [1.165, 1.54) is 31.4 Å². The second kappa shape index (κ2) is 10.7. The van der Waals surface area contributed by atoms with Crippen molar-refractivity contribution in [2.45, 2.75) is 33.2 Å². The molecule has 0 saturated heterocycles. The minimum absolute atomic E-state index is 0.0828. The summed E-state index contributed by atoms with van der Waals surface area (Å²) in [6.45, 7) is 3.98. The van der Waals surface area contributed by atoms with Crippen LogP contribution in [0, 0.1) is 5.82 Å². The van der Waals surface area contributed by atoms with Gasteiger partial charge in [-0.3, -0.25) is 9.10 Å². The van der Waals surface area contributed by atoms with Crippen LogP contribution >= 0.6 is 0 Å². The number of sulfonamides is 1. The molecule has 3 aromatic rings. The largest absolute Gasteiger partial charge is 0.496 e. The van der Waals surface area contributed by atoms with Crippen LogP contribution in [0.25, 0.3) is 0 Å². The molecule has 3 aromatic carbocycles. The summed E-state index contributed by atoms with van der Waals surface area (Å²) in [4.78, 5) is 13.2. The number of methoxy groups -OCH3 is 1. The molecule has 6 nitrogen and oxygen atoms in total. The van der Waals surface area contributed by atoms with Gasteiger partial charge in [0.2, 0.25) is 10.0 Å². The maximum Gasteiger partial charge on any atom is 0.255 e. The van der Waals surface area contributed by atoms with Crippen molar-refractivity contribution in [1.29, 1.82) is 0 Å². The third-order valence-corrected chi connectivity index (χ3v) is 6.75. The van der Waals surface area contributed by atoms with Gasteiger partial charge >= 0.3 is 0 Å². The maximum absolute atomic E-state index is 13.4. The number of nitrogens with zero attached hydrogens (tertiary/aromatic N) is 1. The fourth-order valence-electron chi connectivity index (χ4n) is 3.79. The summed E-state index contributed by atoms with van der Waals surface area (Å²) < 4.78 is 45.0. The molecule has 1 amide bonds. The zero-order valence-electron chi connectivity index (χ0n) is 19.8. The number of ether oxygens (including phenoxy) is 1. The fourth-order valence-corrected chi connectivity index (χ4v) is 4.67. The summed E-state index contributed by atoms with van der Waals surface area (Å²) in [5.41, 5.74) is 4.08. The normalized spacial score (nSPS) is 11.2. The lowest BCUT2D eigenvalue weighted by Gasteiger charge is -2.24. The molecule has 0 fully saturated rings. The molecule has 0 unspecified atom stereocenters. The smallest absolute Gasteiger partial charge is 0.255 e. The lowest BCUT2D eigenvalue weighted by Crippen LogP contribution is -2.29. The Bertz CT molecular complexity index is 1250. The van der Waals surface area contributed by atoms with Gasteiger partial charge in [-0.2, -0.15) is 0 Å². The summed E-state index contributed by atoms with van der Waals surface area (Å²) in [7, 11) is -2.22. The predicted octanol–water partition coefficient (Wildman–Crippen LogP) is 5.18. The number of rotatable bonds is 9. The quantitative estimate of drug-likeness (QED) is 0.454. The first-order valence-corrected chi connectivity index (χ1v) is 12.8. The van der Waals surface area contributed by atoms with Crippen LogP contribution in [0.4, 0.5) is 15.8 Å². The van der Waals surface area contributed by atoms with Crippen molar-refractivity contribution >= 4 is 27.3 Å². The van der Waals surface area contributed by atoms with E-state index in [2.05, 4.69) is 5.32 Å². The van der Waals surface area contributed by atoms with Crippen LogP contribution in [-0.2, 0) is 29.4 Å². The summed E-state index contributed by atoms with van der Waals surface area (Å²) in [5.74, 6) is -0.324. The number of hydrogen-bond acceptors (Lipinski definition) is 4.